The van der Waals surface area contributed by atoms with E-state index in [1.165, 1.54) is 12.8 Å². The molecule has 88 valence electrons. The highest BCUT2D eigenvalue weighted by molar-refractivity contribution is 5.43. The van der Waals surface area contributed by atoms with E-state index in [0.717, 1.165) is 17.3 Å². The van der Waals surface area contributed by atoms with Gasteiger partial charge in [0.05, 0.1) is 11.8 Å². The van der Waals surface area contributed by atoms with Crippen LogP contribution in [-0.2, 0) is 5.41 Å². The van der Waals surface area contributed by atoms with Gasteiger partial charge in [-0.3, -0.25) is 0 Å². The molecule has 1 aromatic heterocycles. The molecule has 1 aliphatic rings. The molecule has 1 N–H and O–H groups in total. The van der Waals surface area contributed by atoms with Gasteiger partial charge < -0.3 is 10.1 Å². The first-order valence-electron chi connectivity index (χ1n) is 5.86. The number of rotatable bonds is 3. The molecule has 16 heavy (non-hydrogen) atoms. The summed E-state index contributed by atoms with van der Waals surface area (Å²) in [4.78, 5) is 4.61. The number of nitrogens with zero attached hydrogens (tertiary/aromatic N) is 1. The minimum Gasteiger partial charge on any atom is -0.488 e. The van der Waals surface area contributed by atoms with Crippen molar-refractivity contribution in [2.24, 2.45) is 0 Å². The minimum atomic E-state index is 0.0110. The van der Waals surface area contributed by atoms with Gasteiger partial charge in [0, 0.05) is 12.5 Å². The number of nitrogens with one attached hydrogen (secondary N) is 1. The Balaban J connectivity index is 2.33. The summed E-state index contributed by atoms with van der Waals surface area (Å²) in [5, 5.41) is 3.07. The average molecular weight is 220 g/mol. The van der Waals surface area contributed by atoms with E-state index in [-0.39, 0.29) is 5.41 Å². The summed E-state index contributed by atoms with van der Waals surface area (Å²) in [6.07, 6.45) is 2.78. The Hall–Kier alpha value is -1.25. The molecule has 1 fully saturated rings. The number of hydrogen-bond acceptors (Lipinski definition) is 3. The maximum atomic E-state index is 5.89. The van der Waals surface area contributed by atoms with Crippen LogP contribution in [0.5, 0.6) is 5.75 Å². The SMILES string of the molecule is CNc1ccc(OC2CC2)c(C(C)(C)C)n1. The van der Waals surface area contributed by atoms with Crippen LogP contribution in [0.1, 0.15) is 39.3 Å². The van der Waals surface area contributed by atoms with Crippen molar-refractivity contribution in [3.8, 4) is 5.75 Å². The molecule has 0 radical (unpaired) electrons. The highest BCUT2D eigenvalue weighted by Gasteiger charge is 2.28. The van der Waals surface area contributed by atoms with E-state index in [2.05, 4.69) is 31.1 Å². The van der Waals surface area contributed by atoms with Crippen molar-refractivity contribution in [3.05, 3.63) is 17.8 Å². The highest BCUT2D eigenvalue weighted by Crippen LogP contribution is 2.34. The van der Waals surface area contributed by atoms with Crippen LogP contribution < -0.4 is 10.1 Å². The topological polar surface area (TPSA) is 34.1 Å². The van der Waals surface area contributed by atoms with Crippen LogP contribution in [0.4, 0.5) is 5.82 Å². The molecule has 0 amide bonds. The largest absolute Gasteiger partial charge is 0.488 e. The van der Waals surface area contributed by atoms with Crippen molar-refractivity contribution in [1.82, 2.24) is 4.98 Å². The van der Waals surface area contributed by atoms with E-state index < -0.39 is 0 Å². The van der Waals surface area contributed by atoms with E-state index in [9.17, 15) is 0 Å². The van der Waals surface area contributed by atoms with Gasteiger partial charge in [0.1, 0.15) is 11.6 Å². The van der Waals surface area contributed by atoms with Crippen molar-refractivity contribution >= 4 is 5.82 Å². The lowest BCUT2D eigenvalue weighted by molar-refractivity contribution is 0.292. The lowest BCUT2D eigenvalue weighted by atomic mass is 9.91. The first kappa shape index (κ1) is 11.2. The maximum absolute atomic E-state index is 5.89. The highest BCUT2D eigenvalue weighted by atomic mass is 16.5. The minimum absolute atomic E-state index is 0.0110. The van der Waals surface area contributed by atoms with Crippen molar-refractivity contribution < 1.29 is 4.74 Å². The van der Waals surface area contributed by atoms with Crippen molar-refractivity contribution in [3.63, 3.8) is 0 Å². The monoisotopic (exact) mass is 220 g/mol. The van der Waals surface area contributed by atoms with Crippen LogP contribution in [0.15, 0.2) is 12.1 Å². The molecular weight excluding hydrogens is 200 g/mol. The average Bonchev–Trinajstić information content (AvgIpc) is 3.01. The Labute approximate surface area is 97.2 Å². The molecule has 0 atom stereocenters. The van der Waals surface area contributed by atoms with Crippen LogP contribution in [0, 0.1) is 0 Å². The Morgan fingerprint density at radius 1 is 1.31 bits per heavy atom. The number of pyridine rings is 1. The third-order valence-electron chi connectivity index (χ3n) is 2.64. The molecule has 1 aromatic rings. The number of ether oxygens (including phenoxy) is 1. The second-order valence-electron chi connectivity index (χ2n) is 5.36. The summed E-state index contributed by atoms with van der Waals surface area (Å²) in [6.45, 7) is 6.48. The number of anilines is 1. The van der Waals surface area contributed by atoms with E-state index in [4.69, 9.17) is 4.74 Å². The van der Waals surface area contributed by atoms with Crippen LogP contribution >= 0.6 is 0 Å². The molecule has 2 rings (SSSR count). The summed E-state index contributed by atoms with van der Waals surface area (Å²) < 4.78 is 5.89. The molecule has 0 bridgehead atoms. The molecule has 1 saturated carbocycles. The van der Waals surface area contributed by atoms with E-state index in [0.29, 0.717) is 6.10 Å². The number of aromatic nitrogens is 1. The standard InChI is InChI=1S/C13H20N2O/c1-13(2,3)12-10(16-9-5-6-9)7-8-11(14-4)15-12/h7-9H,5-6H2,1-4H3,(H,14,15). The van der Waals surface area contributed by atoms with Crippen molar-refractivity contribution in [2.45, 2.75) is 45.1 Å². The van der Waals surface area contributed by atoms with E-state index in [1.54, 1.807) is 0 Å². The van der Waals surface area contributed by atoms with Gasteiger partial charge in [0.2, 0.25) is 0 Å². The van der Waals surface area contributed by atoms with E-state index >= 15 is 0 Å². The van der Waals surface area contributed by atoms with Gasteiger partial charge in [-0.1, -0.05) is 20.8 Å². The van der Waals surface area contributed by atoms with Crippen LogP contribution in [0.25, 0.3) is 0 Å². The quantitative estimate of drug-likeness (QED) is 0.850. The first-order valence-corrected chi connectivity index (χ1v) is 5.86. The fraction of sp³-hybridized carbons (Fsp3) is 0.615. The van der Waals surface area contributed by atoms with Gasteiger partial charge in [-0.25, -0.2) is 4.98 Å². The van der Waals surface area contributed by atoms with Crippen LogP contribution in [0.2, 0.25) is 0 Å². The molecule has 1 heterocycles. The molecule has 0 aliphatic heterocycles. The fourth-order valence-electron chi connectivity index (χ4n) is 1.58. The van der Waals surface area contributed by atoms with Crippen molar-refractivity contribution in [2.75, 3.05) is 12.4 Å². The Morgan fingerprint density at radius 3 is 2.50 bits per heavy atom. The van der Waals surface area contributed by atoms with Gasteiger partial charge in [0.15, 0.2) is 0 Å². The second-order valence-corrected chi connectivity index (χ2v) is 5.36. The molecular formula is C13H20N2O. The smallest absolute Gasteiger partial charge is 0.141 e. The molecule has 0 unspecified atom stereocenters. The molecule has 1 aliphatic carbocycles. The maximum Gasteiger partial charge on any atom is 0.141 e. The van der Waals surface area contributed by atoms with Gasteiger partial charge in [-0.05, 0) is 25.0 Å². The zero-order valence-corrected chi connectivity index (χ0v) is 10.5. The zero-order valence-electron chi connectivity index (χ0n) is 10.5. The summed E-state index contributed by atoms with van der Waals surface area (Å²) >= 11 is 0. The van der Waals surface area contributed by atoms with E-state index in [1.807, 2.05) is 19.2 Å². The summed E-state index contributed by atoms with van der Waals surface area (Å²) in [6, 6.07) is 3.99. The third kappa shape index (κ3) is 2.46. The molecule has 3 nitrogen and oxygen atoms in total. The molecule has 3 heteroatoms. The molecule has 0 saturated heterocycles. The molecule has 0 spiro atoms. The summed E-state index contributed by atoms with van der Waals surface area (Å²) in [5.41, 5.74) is 1.04. The Morgan fingerprint density at radius 2 is 2.00 bits per heavy atom. The summed E-state index contributed by atoms with van der Waals surface area (Å²) in [7, 11) is 1.89. The van der Waals surface area contributed by atoms with Crippen LogP contribution in [0.3, 0.4) is 0 Å². The second kappa shape index (κ2) is 3.96. The normalized spacial score (nSPS) is 16.0. The van der Waals surface area contributed by atoms with Gasteiger partial charge in [0.25, 0.3) is 0 Å². The fourth-order valence-corrected chi connectivity index (χ4v) is 1.58. The lowest BCUT2D eigenvalue weighted by Crippen LogP contribution is -2.17. The number of hydrogen-bond donors (Lipinski definition) is 1. The third-order valence-corrected chi connectivity index (χ3v) is 2.64. The molecule has 0 aromatic carbocycles. The van der Waals surface area contributed by atoms with Gasteiger partial charge in [-0.2, -0.15) is 0 Å². The first-order chi connectivity index (χ1) is 7.50. The Kier molecular flexibility index (Phi) is 2.78. The van der Waals surface area contributed by atoms with Crippen LogP contribution in [-0.4, -0.2) is 18.1 Å². The zero-order chi connectivity index (χ0) is 11.8. The predicted molar refractivity (Wildman–Crippen MR) is 66.1 cm³/mol. The lowest BCUT2D eigenvalue weighted by Gasteiger charge is -2.22. The van der Waals surface area contributed by atoms with Crippen molar-refractivity contribution in [1.29, 1.82) is 0 Å². The van der Waals surface area contributed by atoms with Gasteiger partial charge >= 0.3 is 0 Å². The summed E-state index contributed by atoms with van der Waals surface area (Å²) in [5.74, 6) is 1.84. The predicted octanol–water partition coefficient (Wildman–Crippen LogP) is 2.96. The Bertz CT molecular complexity index is 378. The van der Waals surface area contributed by atoms with Gasteiger partial charge in [-0.15, -0.1) is 0 Å².